The molecule has 1 aliphatic rings. The summed E-state index contributed by atoms with van der Waals surface area (Å²) in [6, 6.07) is 1.80. The van der Waals surface area contributed by atoms with Gasteiger partial charge in [-0.2, -0.15) is 11.8 Å². The summed E-state index contributed by atoms with van der Waals surface area (Å²) in [5, 5.41) is 14.9. The molecule has 5 nitrogen and oxygen atoms in total. The Morgan fingerprint density at radius 2 is 2.50 bits per heavy atom. The molecular weight excluding hydrogens is 276 g/mol. The number of aliphatic hydroxyl groups is 1. The summed E-state index contributed by atoms with van der Waals surface area (Å²) in [7, 11) is 0. The molecule has 0 radical (unpaired) electrons. The first kappa shape index (κ1) is 15.3. The molecule has 2 atom stereocenters. The molecule has 20 heavy (non-hydrogen) atoms. The van der Waals surface area contributed by atoms with Crippen LogP contribution in [0, 0.1) is 0 Å². The largest absolute Gasteiger partial charge is 0.469 e. The van der Waals surface area contributed by atoms with Crippen molar-refractivity contribution >= 4 is 17.8 Å². The molecule has 3 N–H and O–H groups in total. The normalized spacial score (nSPS) is 19.2. The number of aryl methyl sites for hydroxylation is 1. The number of aliphatic hydroxyl groups excluding tert-OH is 1. The number of carbonyl (C=O) groups is 1. The van der Waals surface area contributed by atoms with Crippen LogP contribution in [-0.2, 0) is 6.42 Å². The Morgan fingerprint density at radius 3 is 3.25 bits per heavy atom. The fourth-order valence-corrected chi connectivity index (χ4v) is 3.23. The molecule has 0 fully saturated rings. The van der Waals surface area contributed by atoms with Crippen molar-refractivity contribution < 1.29 is 14.3 Å². The molecule has 1 aromatic rings. The maximum Gasteiger partial charge on any atom is 0.315 e. The monoisotopic (exact) mass is 298 g/mol. The van der Waals surface area contributed by atoms with Gasteiger partial charge < -0.3 is 20.2 Å². The quantitative estimate of drug-likeness (QED) is 0.751. The van der Waals surface area contributed by atoms with Crippen molar-refractivity contribution in [1.82, 2.24) is 10.6 Å². The van der Waals surface area contributed by atoms with E-state index in [1.54, 1.807) is 18.0 Å². The van der Waals surface area contributed by atoms with E-state index in [9.17, 15) is 4.79 Å². The van der Waals surface area contributed by atoms with Gasteiger partial charge in [-0.25, -0.2) is 4.79 Å². The van der Waals surface area contributed by atoms with Gasteiger partial charge in [0.1, 0.15) is 5.76 Å². The molecular formula is C14H22N2O3S. The number of rotatable bonds is 6. The fraction of sp³-hybridized carbons (Fsp3) is 0.643. The average molecular weight is 298 g/mol. The molecule has 1 aromatic heterocycles. The van der Waals surface area contributed by atoms with Gasteiger partial charge in [0.25, 0.3) is 0 Å². The van der Waals surface area contributed by atoms with E-state index in [0.717, 1.165) is 36.3 Å². The first-order valence-electron chi connectivity index (χ1n) is 6.97. The summed E-state index contributed by atoms with van der Waals surface area (Å²) >= 11 is 1.66. The second-order valence-electron chi connectivity index (χ2n) is 5.03. The third-order valence-corrected chi connectivity index (χ3v) is 4.27. The van der Waals surface area contributed by atoms with E-state index in [2.05, 4.69) is 10.6 Å². The van der Waals surface area contributed by atoms with Crippen molar-refractivity contribution in [3.05, 3.63) is 23.7 Å². The second kappa shape index (κ2) is 7.59. The van der Waals surface area contributed by atoms with E-state index < -0.39 is 0 Å². The Morgan fingerprint density at radius 1 is 1.65 bits per heavy atom. The smallest absolute Gasteiger partial charge is 0.315 e. The zero-order valence-electron chi connectivity index (χ0n) is 11.7. The van der Waals surface area contributed by atoms with Gasteiger partial charge in [-0.1, -0.05) is 0 Å². The van der Waals surface area contributed by atoms with Crippen molar-refractivity contribution in [2.75, 3.05) is 18.6 Å². The van der Waals surface area contributed by atoms with Gasteiger partial charge in [-0.3, -0.25) is 0 Å². The Labute approximate surface area is 123 Å². The number of hydrogen-bond donors (Lipinski definition) is 3. The maximum absolute atomic E-state index is 12.1. The summed E-state index contributed by atoms with van der Waals surface area (Å²) in [6.07, 6.45) is 7.16. The molecule has 2 amide bonds. The lowest BCUT2D eigenvalue weighted by Crippen LogP contribution is -2.45. The molecule has 2 unspecified atom stereocenters. The molecule has 0 saturated heterocycles. The molecule has 1 heterocycles. The second-order valence-corrected chi connectivity index (χ2v) is 5.94. The molecule has 0 saturated carbocycles. The van der Waals surface area contributed by atoms with E-state index in [0.29, 0.717) is 6.42 Å². The Kier molecular flexibility index (Phi) is 5.79. The molecule has 0 spiro atoms. The summed E-state index contributed by atoms with van der Waals surface area (Å²) in [4.78, 5) is 12.1. The molecule has 112 valence electrons. The van der Waals surface area contributed by atoms with Crippen molar-refractivity contribution in [2.24, 2.45) is 0 Å². The van der Waals surface area contributed by atoms with Crippen LogP contribution < -0.4 is 10.6 Å². The maximum atomic E-state index is 12.1. The summed E-state index contributed by atoms with van der Waals surface area (Å²) in [5.74, 6) is 1.79. The van der Waals surface area contributed by atoms with Gasteiger partial charge in [0.15, 0.2) is 0 Å². The number of nitrogens with one attached hydrogen (secondary N) is 2. The van der Waals surface area contributed by atoms with Crippen LogP contribution in [0.5, 0.6) is 0 Å². The Balaban J connectivity index is 1.89. The van der Waals surface area contributed by atoms with Crippen LogP contribution in [0.2, 0.25) is 0 Å². The Bertz CT molecular complexity index is 430. The van der Waals surface area contributed by atoms with Gasteiger partial charge in [0, 0.05) is 30.4 Å². The van der Waals surface area contributed by atoms with Crippen LogP contribution in [0.1, 0.15) is 36.6 Å². The number of hydrogen-bond acceptors (Lipinski definition) is 4. The minimum absolute atomic E-state index is 0.00223. The first-order chi connectivity index (χ1) is 9.74. The molecule has 0 aliphatic heterocycles. The average Bonchev–Trinajstić information content (AvgIpc) is 2.88. The van der Waals surface area contributed by atoms with E-state index in [1.807, 2.05) is 12.3 Å². The number of fused-ring (bicyclic) bond motifs is 1. The van der Waals surface area contributed by atoms with E-state index in [4.69, 9.17) is 9.52 Å². The van der Waals surface area contributed by atoms with Crippen molar-refractivity contribution in [2.45, 2.75) is 37.8 Å². The minimum atomic E-state index is -0.170. The molecule has 0 bridgehead atoms. The van der Waals surface area contributed by atoms with Crippen LogP contribution >= 0.6 is 11.8 Å². The Hall–Kier alpha value is -1.14. The van der Waals surface area contributed by atoms with Crippen LogP contribution in [0.3, 0.4) is 0 Å². The minimum Gasteiger partial charge on any atom is -0.469 e. The lowest BCUT2D eigenvalue weighted by atomic mass is 9.93. The van der Waals surface area contributed by atoms with E-state index in [1.165, 1.54) is 0 Å². The van der Waals surface area contributed by atoms with Gasteiger partial charge in [-0.15, -0.1) is 0 Å². The molecule has 0 aromatic carbocycles. The van der Waals surface area contributed by atoms with E-state index in [-0.39, 0.29) is 24.7 Å². The number of carbonyl (C=O) groups excluding carboxylic acids is 1. The van der Waals surface area contributed by atoms with Crippen LogP contribution in [0.15, 0.2) is 16.7 Å². The highest BCUT2D eigenvalue weighted by Gasteiger charge is 2.24. The van der Waals surface area contributed by atoms with Gasteiger partial charge in [0.05, 0.1) is 12.3 Å². The predicted molar refractivity (Wildman–Crippen MR) is 79.9 cm³/mol. The van der Waals surface area contributed by atoms with E-state index >= 15 is 0 Å². The van der Waals surface area contributed by atoms with Gasteiger partial charge in [0.2, 0.25) is 0 Å². The zero-order chi connectivity index (χ0) is 14.4. The number of amides is 2. The highest BCUT2D eigenvalue weighted by atomic mass is 32.2. The van der Waals surface area contributed by atoms with Crippen molar-refractivity contribution in [3.63, 3.8) is 0 Å². The third kappa shape index (κ3) is 3.93. The standard InChI is InChI=1S/C14H22N2O3S/c1-20-9-10(5-7-17)15-14(18)16-12-3-2-4-13-11(12)6-8-19-13/h6,8,10,12,17H,2-5,7,9H2,1H3,(H2,15,16,18). The summed E-state index contributed by atoms with van der Waals surface area (Å²) in [5.41, 5.74) is 1.09. The van der Waals surface area contributed by atoms with Crippen molar-refractivity contribution in [3.8, 4) is 0 Å². The SMILES string of the molecule is CSCC(CCO)NC(=O)NC1CCCc2occc21. The summed E-state index contributed by atoms with van der Waals surface area (Å²) < 4.78 is 5.42. The highest BCUT2D eigenvalue weighted by Crippen LogP contribution is 2.30. The number of urea groups is 1. The summed E-state index contributed by atoms with van der Waals surface area (Å²) in [6.45, 7) is 0.0841. The molecule has 6 heteroatoms. The lowest BCUT2D eigenvalue weighted by molar-refractivity contribution is 0.226. The predicted octanol–water partition coefficient (Wildman–Crippen LogP) is 2.07. The topological polar surface area (TPSA) is 74.5 Å². The van der Waals surface area contributed by atoms with Crippen LogP contribution in [0.25, 0.3) is 0 Å². The van der Waals surface area contributed by atoms with Gasteiger partial charge >= 0.3 is 6.03 Å². The first-order valence-corrected chi connectivity index (χ1v) is 8.37. The van der Waals surface area contributed by atoms with Gasteiger partial charge in [-0.05, 0) is 31.6 Å². The third-order valence-electron chi connectivity index (χ3n) is 3.54. The molecule has 1 aliphatic carbocycles. The number of furan rings is 1. The highest BCUT2D eigenvalue weighted by molar-refractivity contribution is 7.98. The van der Waals surface area contributed by atoms with Crippen molar-refractivity contribution in [1.29, 1.82) is 0 Å². The van der Waals surface area contributed by atoms with Crippen LogP contribution in [0.4, 0.5) is 4.79 Å². The number of thioether (sulfide) groups is 1. The molecule has 2 rings (SSSR count). The lowest BCUT2D eigenvalue weighted by Gasteiger charge is -2.24. The fourth-order valence-electron chi connectivity index (χ4n) is 2.58. The zero-order valence-corrected chi connectivity index (χ0v) is 12.5. The van der Waals surface area contributed by atoms with Crippen LogP contribution in [-0.4, -0.2) is 35.8 Å².